The van der Waals surface area contributed by atoms with E-state index in [0.717, 1.165) is 55.4 Å². The Morgan fingerprint density at radius 3 is 2.45 bits per heavy atom. The third-order valence-electron chi connectivity index (χ3n) is 7.06. The molecule has 5 rings (SSSR count). The minimum atomic E-state index is -3.49. The average Bonchev–Trinajstić information content (AvgIpc) is 3.27. The highest BCUT2D eigenvalue weighted by Gasteiger charge is 2.31. The second kappa shape index (κ2) is 8.91. The Balaban J connectivity index is 1.34. The van der Waals surface area contributed by atoms with Crippen LogP contribution in [0.5, 0.6) is 0 Å². The Bertz CT molecular complexity index is 1270. The van der Waals surface area contributed by atoms with Crippen molar-refractivity contribution in [3.63, 3.8) is 0 Å². The Kier molecular flexibility index (Phi) is 5.97. The molecule has 174 valence electrons. The molecule has 0 radical (unpaired) electrons. The van der Waals surface area contributed by atoms with Gasteiger partial charge in [0.25, 0.3) is 5.91 Å². The Morgan fingerprint density at radius 1 is 1.00 bits per heavy atom. The fraction of sp³-hybridized carbons (Fsp3) is 0.440. The molecule has 3 aromatic rings. The lowest BCUT2D eigenvalue weighted by Gasteiger charge is -2.32. The molecule has 0 aliphatic carbocycles. The van der Waals surface area contributed by atoms with Crippen molar-refractivity contribution in [1.82, 2.24) is 18.8 Å². The second-order valence-electron chi connectivity index (χ2n) is 9.14. The van der Waals surface area contributed by atoms with Crippen molar-refractivity contribution in [2.24, 2.45) is 0 Å². The zero-order valence-electron chi connectivity index (χ0n) is 19.0. The summed E-state index contributed by atoms with van der Waals surface area (Å²) < 4.78 is 29.6. The number of carbonyl (C=O) groups is 1. The summed E-state index contributed by atoms with van der Waals surface area (Å²) in [4.78, 5) is 15.4. The van der Waals surface area contributed by atoms with E-state index in [2.05, 4.69) is 11.2 Å². The summed E-state index contributed by atoms with van der Waals surface area (Å²) in [5.41, 5.74) is 3.40. The van der Waals surface area contributed by atoms with Crippen molar-refractivity contribution in [2.75, 3.05) is 26.2 Å². The molecule has 7 nitrogen and oxygen atoms in total. The summed E-state index contributed by atoms with van der Waals surface area (Å²) in [6, 6.07) is 11.3. The van der Waals surface area contributed by atoms with Gasteiger partial charge in [0.2, 0.25) is 10.0 Å². The molecule has 0 atom stereocenters. The van der Waals surface area contributed by atoms with Gasteiger partial charge in [-0.05, 0) is 74.3 Å². The van der Waals surface area contributed by atoms with E-state index < -0.39 is 10.0 Å². The van der Waals surface area contributed by atoms with Crippen molar-refractivity contribution in [1.29, 1.82) is 0 Å². The molecule has 8 heteroatoms. The number of carbonyl (C=O) groups excluding carboxylic acids is 1. The maximum atomic E-state index is 13.1. The molecule has 0 bridgehead atoms. The lowest BCUT2D eigenvalue weighted by Crippen LogP contribution is -2.38. The summed E-state index contributed by atoms with van der Waals surface area (Å²) in [5.74, 6) is 0.312. The number of benzene rings is 1. The van der Waals surface area contributed by atoms with Crippen LogP contribution in [0.1, 0.15) is 59.5 Å². The van der Waals surface area contributed by atoms with Crippen LogP contribution < -0.4 is 0 Å². The molecule has 0 unspecified atom stereocenters. The van der Waals surface area contributed by atoms with Crippen molar-refractivity contribution in [3.05, 3.63) is 65.5 Å². The number of nitrogens with zero attached hydrogens (tertiary/aromatic N) is 4. The maximum Gasteiger partial charge on any atom is 0.257 e. The smallest absolute Gasteiger partial charge is 0.257 e. The lowest BCUT2D eigenvalue weighted by molar-refractivity contribution is 0.0726. The van der Waals surface area contributed by atoms with Gasteiger partial charge >= 0.3 is 0 Å². The average molecular weight is 467 g/mol. The summed E-state index contributed by atoms with van der Waals surface area (Å²) in [7, 11) is -3.49. The SMILES string of the molecule is Cc1ccccc1S(=O)(=O)N1CCC(c2ccn3ncc(C(=O)N4CCCCC4)c3c2)CC1. The molecule has 2 aromatic heterocycles. The first-order chi connectivity index (χ1) is 15.9. The van der Waals surface area contributed by atoms with Crippen LogP contribution in [0.15, 0.2) is 53.7 Å². The molecule has 2 fully saturated rings. The molecule has 2 aliphatic heterocycles. The van der Waals surface area contributed by atoms with E-state index in [4.69, 9.17) is 0 Å². The minimum Gasteiger partial charge on any atom is -0.339 e. The van der Waals surface area contributed by atoms with Gasteiger partial charge in [-0.2, -0.15) is 9.40 Å². The third-order valence-corrected chi connectivity index (χ3v) is 9.11. The highest BCUT2D eigenvalue weighted by Crippen LogP contribution is 2.32. The summed E-state index contributed by atoms with van der Waals surface area (Å²) in [6.45, 7) is 4.44. The van der Waals surface area contributed by atoms with Gasteiger partial charge in [0, 0.05) is 32.4 Å². The van der Waals surface area contributed by atoms with Gasteiger partial charge in [-0.25, -0.2) is 12.9 Å². The topological polar surface area (TPSA) is 75.0 Å². The van der Waals surface area contributed by atoms with Gasteiger partial charge < -0.3 is 4.90 Å². The van der Waals surface area contributed by atoms with E-state index in [1.807, 2.05) is 36.2 Å². The third kappa shape index (κ3) is 4.17. The van der Waals surface area contributed by atoms with Crippen LogP contribution in [0.4, 0.5) is 0 Å². The molecule has 33 heavy (non-hydrogen) atoms. The number of rotatable bonds is 4. The van der Waals surface area contributed by atoms with Gasteiger partial charge in [-0.1, -0.05) is 18.2 Å². The molecule has 2 aliphatic rings. The van der Waals surface area contributed by atoms with Crippen LogP contribution in [0.25, 0.3) is 5.52 Å². The first kappa shape index (κ1) is 22.1. The predicted octanol–water partition coefficient (Wildman–Crippen LogP) is 3.84. The largest absolute Gasteiger partial charge is 0.339 e. The van der Waals surface area contributed by atoms with Crippen LogP contribution in [-0.2, 0) is 10.0 Å². The van der Waals surface area contributed by atoms with E-state index >= 15 is 0 Å². The first-order valence-electron chi connectivity index (χ1n) is 11.8. The molecule has 4 heterocycles. The van der Waals surface area contributed by atoms with Gasteiger partial charge in [0.1, 0.15) is 0 Å². The molecule has 0 N–H and O–H groups in total. The van der Waals surface area contributed by atoms with Crippen LogP contribution >= 0.6 is 0 Å². The number of hydrogen-bond acceptors (Lipinski definition) is 4. The molecular formula is C25H30N4O3S. The van der Waals surface area contributed by atoms with Crippen molar-refractivity contribution in [3.8, 4) is 0 Å². The normalized spacial score (nSPS) is 18.6. The Morgan fingerprint density at radius 2 is 1.73 bits per heavy atom. The number of piperidine rings is 2. The van der Waals surface area contributed by atoms with Crippen molar-refractivity contribution < 1.29 is 13.2 Å². The van der Waals surface area contributed by atoms with E-state index in [9.17, 15) is 13.2 Å². The standard InChI is InChI=1S/C25H30N4O3S/c1-19-7-3-4-8-24(19)33(31,32)28-14-9-20(10-15-28)21-11-16-29-23(17-21)22(18-26-29)25(30)27-12-5-2-6-13-27/h3-4,7-8,11,16-18,20H,2,5-6,9-10,12-15H2,1H3. The van der Waals surface area contributed by atoms with Gasteiger partial charge in [0.05, 0.1) is 22.2 Å². The molecule has 0 saturated carbocycles. The maximum absolute atomic E-state index is 13.1. The Hall–Kier alpha value is -2.71. The monoisotopic (exact) mass is 466 g/mol. The summed E-state index contributed by atoms with van der Waals surface area (Å²) in [5, 5.41) is 4.39. The van der Waals surface area contributed by atoms with Gasteiger partial charge in [-0.3, -0.25) is 4.79 Å². The second-order valence-corrected chi connectivity index (χ2v) is 11.1. The van der Waals surface area contributed by atoms with Crippen molar-refractivity contribution in [2.45, 2.75) is 49.8 Å². The van der Waals surface area contributed by atoms with Gasteiger partial charge in [-0.15, -0.1) is 0 Å². The number of aromatic nitrogens is 2. The van der Waals surface area contributed by atoms with Crippen LogP contribution in [0.2, 0.25) is 0 Å². The number of amides is 1. The summed E-state index contributed by atoms with van der Waals surface area (Å²) >= 11 is 0. The minimum absolute atomic E-state index is 0.0565. The molecule has 0 spiro atoms. The molecular weight excluding hydrogens is 436 g/mol. The molecule has 1 aromatic carbocycles. The zero-order chi connectivity index (χ0) is 23.0. The van der Waals surface area contributed by atoms with Crippen LogP contribution in [0.3, 0.4) is 0 Å². The number of sulfonamides is 1. The van der Waals surface area contributed by atoms with E-state index in [1.165, 1.54) is 6.42 Å². The van der Waals surface area contributed by atoms with Crippen LogP contribution in [0, 0.1) is 6.92 Å². The fourth-order valence-corrected chi connectivity index (χ4v) is 6.79. The van der Waals surface area contributed by atoms with E-state index in [0.29, 0.717) is 23.5 Å². The highest BCUT2D eigenvalue weighted by atomic mass is 32.2. The molecule has 2 saturated heterocycles. The van der Waals surface area contributed by atoms with E-state index in [1.54, 1.807) is 27.2 Å². The number of pyridine rings is 1. The fourth-order valence-electron chi connectivity index (χ4n) is 5.10. The molecule has 1 amide bonds. The Labute approximate surface area is 195 Å². The highest BCUT2D eigenvalue weighted by molar-refractivity contribution is 7.89. The van der Waals surface area contributed by atoms with E-state index in [-0.39, 0.29) is 11.8 Å². The number of likely N-dealkylation sites (tertiary alicyclic amines) is 1. The summed E-state index contributed by atoms with van der Waals surface area (Å²) in [6.07, 6.45) is 8.39. The first-order valence-corrected chi connectivity index (χ1v) is 13.2. The number of aryl methyl sites for hydroxylation is 1. The predicted molar refractivity (Wildman–Crippen MR) is 127 cm³/mol. The number of hydrogen-bond donors (Lipinski definition) is 0. The quantitative estimate of drug-likeness (QED) is 0.586. The van der Waals surface area contributed by atoms with Crippen molar-refractivity contribution >= 4 is 21.4 Å². The number of fused-ring (bicyclic) bond motifs is 1. The lowest BCUT2D eigenvalue weighted by atomic mass is 9.90. The zero-order valence-corrected chi connectivity index (χ0v) is 19.8. The van der Waals surface area contributed by atoms with Gasteiger partial charge in [0.15, 0.2) is 0 Å². The van der Waals surface area contributed by atoms with Crippen LogP contribution in [-0.4, -0.2) is 59.3 Å².